The molecule has 0 aliphatic carbocycles. The molecule has 2 amide bonds. The Kier molecular flexibility index (Phi) is 4.01. The first-order valence-corrected chi connectivity index (χ1v) is 9.69. The Balaban J connectivity index is 1.42. The van der Waals surface area contributed by atoms with Crippen LogP contribution in [-0.2, 0) is 11.2 Å². The lowest BCUT2D eigenvalue weighted by Crippen LogP contribution is -2.29. The van der Waals surface area contributed by atoms with E-state index in [0.717, 1.165) is 42.0 Å². The molecule has 3 heterocycles. The second kappa shape index (κ2) is 6.68. The average molecular weight is 371 g/mol. The summed E-state index contributed by atoms with van der Waals surface area (Å²) < 4.78 is 1.99. The van der Waals surface area contributed by atoms with Gasteiger partial charge in [-0.05, 0) is 66.9 Å². The summed E-state index contributed by atoms with van der Waals surface area (Å²) in [5, 5.41) is 0. The SMILES string of the molecule is O=C1CCCN1c1ccc2c(c1)CCN2C(=O)c1cccc(-n2cccc2)c1. The van der Waals surface area contributed by atoms with E-state index in [1.165, 1.54) is 0 Å². The molecule has 28 heavy (non-hydrogen) atoms. The summed E-state index contributed by atoms with van der Waals surface area (Å²) >= 11 is 0. The van der Waals surface area contributed by atoms with E-state index >= 15 is 0 Å². The van der Waals surface area contributed by atoms with E-state index in [2.05, 4.69) is 6.07 Å². The first-order valence-electron chi connectivity index (χ1n) is 9.69. The molecular weight excluding hydrogens is 350 g/mol. The maximum atomic E-state index is 13.2. The highest BCUT2D eigenvalue weighted by Gasteiger charge is 2.28. The summed E-state index contributed by atoms with van der Waals surface area (Å²) in [5.41, 5.74) is 4.68. The van der Waals surface area contributed by atoms with Crippen molar-refractivity contribution in [2.75, 3.05) is 22.9 Å². The normalized spacial score (nSPS) is 15.9. The average Bonchev–Trinajstić information content (AvgIpc) is 3.47. The van der Waals surface area contributed by atoms with Gasteiger partial charge in [0.25, 0.3) is 5.91 Å². The van der Waals surface area contributed by atoms with Gasteiger partial charge in [0, 0.05) is 54.5 Å². The zero-order valence-corrected chi connectivity index (χ0v) is 15.5. The number of carbonyl (C=O) groups excluding carboxylic acids is 2. The number of hydrogen-bond donors (Lipinski definition) is 0. The van der Waals surface area contributed by atoms with Gasteiger partial charge >= 0.3 is 0 Å². The highest BCUT2D eigenvalue weighted by Crippen LogP contribution is 2.34. The molecule has 0 unspecified atom stereocenters. The molecule has 2 aliphatic heterocycles. The van der Waals surface area contributed by atoms with Gasteiger partial charge in [0.1, 0.15) is 0 Å². The Morgan fingerprint density at radius 3 is 2.50 bits per heavy atom. The van der Waals surface area contributed by atoms with Crippen LogP contribution < -0.4 is 9.80 Å². The van der Waals surface area contributed by atoms with Crippen molar-refractivity contribution in [1.82, 2.24) is 4.57 Å². The molecule has 5 heteroatoms. The first-order chi connectivity index (χ1) is 13.7. The van der Waals surface area contributed by atoms with Gasteiger partial charge in [-0.15, -0.1) is 0 Å². The Morgan fingerprint density at radius 2 is 1.71 bits per heavy atom. The topological polar surface area (TPSA) is 45.6 Å². The van der Waals surface area contributed by atoms with Crippen LogP contribution in [0.2, 0.25) is 0 Å². The molecular formula is C23H21N3O2. The van der Waals surface area contributed by atoms with Gasteiger partial charge in [-0.3, -0.25) is 9.59 Å². The van der Waals surface area contributed by atoms with Crippen molar-refractivity contribution in [1.29, 1.82) is 0 Å². The number of amides is 2. The highest BCUT2D eigenvalue weighted by molar-refractivity contribution is 6.08. The lowest BCUT2D eigenvalue weighted by atomic mass is 10.1. The van der Waals surface area contributed by atoms with Gasteiger partial charge in [-0.1, -0.05) is 6.07 Å². The minimum Gasteiger partial charge on any atom is -0.324 e. The number of nitrogens with zero attached hydrogens (tertiary/aromatic N) is 3. The Morgan fingerprint density at radius 1 is 0.857 bits per heavy atom. The summed E-state index contributed by atoms with van der Waals surface area (Å²) in [6, 6.07) is 17.7. The molecule has 0 atom stereocenters. The minimum atomic E-state index is 0.0118. The minimum absolute atomic E-state index is 0.0118. The molecule has 0 N–H and O–H groups in total. The molecule has 0 radical (unpaired) electrons. The first kappa shape index (κ1) is 16.8. The van der Waals surface area contributed by atoms with Crippen LogP contribution >= 0.6 is 0 Å². The molecule has 2 aliphatic rings. The predicted molar refractivity (Wildman–Crippen MR) is 109 cm³/mol. The van der Waals surface area contributed by atoms with E-state index in [4.69, 9.17) is 0 Å². The molecule has 0 spiro atoms. The van der Waals surface area contributed by atoms with E-state index in [-0.39, 0.29) is 11.8 Å². The molecule has 2 aromatic carbocycles. The maximum Gasteiger partial charge on any atom is 0.258 e. The third-order valence-electron chi connectivity index (χ3n) is 5.58. The Hall–Kier alpha value is -3.34. The quantitative estimate of drug-likeness (QED) is 0.703. The molecule has 5 nitrogen and oxygen atoms in total. The van der Waals surface area contributed by atoms with Crippen molar-refractivity contribution in [3.05, 3.63) is 78.1 Å². The van der Waals surface area contributed by atoms with Crippen LogP contribution in [0.25, 0.3) is 5.69 Å². The number of aromatic nitrogens is 1. The van der Waals surface area contributed by atoms with E-state index in [1.807, 2.05) is 75.3 Å². The Labute approximate surface area is 163 Å². The predicted octanol–water partition coefficient (Wildman–Crippen LogP) is 3.81. The number of rotatable bonds is 3. The largest absolute Gasteiger partial charge is 0.324 e. The van der Waals surface area contributed by atoms with Gasteiger partial charge < -0.3 is 14.4 Å². The zero-order chi connectivity index (χ0) is 19.1. The Bertz CT molecular complexity index is 1060. The molecule has 1 fully saturated rings. The van der Waals surface area contributed by atoms with Gasteiger partial charge in [0.15, 0.2) is 0 Å². The van der Waals surface area contributed by atoms with Crippen LogP contribution in [-0.4, -0.2) is 29.5 Å². The summed E-state index contributed by atoms with van der Waals surface area (Å²) in [7, 11) is 0. The fraction of sp³-hybridized carbons (Fsp3) is 0.217. The van der Waals surface area contributed by atoms with Crippen LogP contribution in [0.5, 0.6) is 0 Å². The zero-order valence-electron chi connectivity index (χ0n) is 15.5. The third kappa shape index (κ3) is 2.80. The molecule has 0 saturated carbocycles. The summed E-state index contributed by atoms with van der Waals surface area (Å²) in [4.78, 5) is 28.9. The van der Waals surface area contributed by atoms with Crippen LogP contribution in [0.3, 0.4) is 0 Å². The van der Waals surface area contributed by atoms with Crippen molar-refractivity contribution in [2.24, 2.45) is 0 Å². The number of anilines is 2. The van der Waals surface area contributed by atoms with Crippen LogP contribution in [0.1, 0.15) is 28.8 Å². The third-order valence-corrected chi connectivity index (χ3v) is 5.58. The molecule has 1 aromatic heterocycles. The van der Waals surface area contributed by atoms with E-state index in [9.17, 15) is 9.59 Å². The number of benzene rings is 2. The lowest BCUT2D eigenvalue weighted by molar-refractivity contribution is -0.117. The smallest absolute Gasteiger partial charge is 0.258 e. The maximum absolute atomic E-state index is 13.2. The molecule has 5 rings (SSSR count). The van der Waals surface area contributed by atoms with Crippen molar-refractivity contribution in [3.8, 4) is 5.69 Å². The van der Waals surface area contributed by atoms with Crippen molar-refractivity contribution in [2.45, 2.75) is 19.3 Å². The van der Waals surface area contributed by atoms with Crippen LogP contribution in [0, 0.1) is 0 Å². The number of carbonyl (C=O) groups is 2. The van der Waals surface area contributed by atoms with Gasteiger partial charge in [0.2, 0.25) is 5.91 Å². The van der Waals surface area contributed by atoms with Gasteiger partial charge in [-0.25, -0.2) is 0 Å². The standard InChI is InChI=1S/C23H21N3O2/c27-22-7-4-13-25(22)20-8-9-21-17(15-20)10-14-26(21)23(28)18-5-3-6-19(16-18)24-11-1-2-12-24/h1-3,5-6,8-9,11-12,15-16H,4,7,10,13-14H2. The number of fused-ring (bicyclic) bond motifs is 1. The fourth-order valence-electron chi connectivity index (χ4n) is 4.15. The van der Waals surface area contributed by atoms with E-state index in [1.54, 1.807) is 0 Å². The van der Waals surface area contributed by atoms with E-state index < -0.39 is 0 Å². The van der Waals surface area contributed by atoms with Crippen molar-refractivity contribution in [3.63, 3.8) is 0 Å². The van der Waals surface area contributed by atoms with Crippen molar-refractivity contribution >= 4 is 23.2 Å². The fourth-order valence-corrected chi connectivity index (χ4v) is 4.15. The molecule has 140 valence electrons. The van der Waals surface area contributed by atoms with E-state index in [0.29, 0.717) is 18.5 Å². The van der Waals surface area contributed by atoms with Crippen LogP contribution in [0.15, 0.2) is 67.0 Å². The monoisotopic (exact) mass is 371 g/mol. The second-order valence-electron chi connectivity index (χ2n) is 7.31. The highest BCUT2D eigenvalue weighted by atomic mass is 16.2. The molecule has 1 saturated heterocycles. The summed E-state index contributed by atoms with van der Waals surface area (Å²) in [5.74, 6) is 0.200. The van der Waals surface area contributed by atoms with Crippen molar-refractivity contribution < 1.29 is 9.59 Å². The van der Waals surface area contributed by atoms with Gasteiger partial charge in [0.05, 0.1) is 0 Å². The second-order valence-corrected chi connectivity index (χ2v) is 7.31. The number of hydrogen-bond acceptors (Lipinski definition) is 2. The van der Waals surface area contributed by atoms with Crippen LogP contribution in [0.4, 0.5) is 11.4 Å². The molecule has 3 aromatic rings. The summed E-state index contributed by atoms with van der Waals surface area (Å²) in [6.45, 7) is 1.45. The molecule has 0 bridgehead atoms. The summed E-state index contributed by atoms with van der Waals surface area (Å²) in [6.07, 6.45) is 6.29. The van der Waals surface area contributed by atoms with Gasteiger partial charge in [-0.2, -0.15) is 0 Å². The lowest BCUT2D eigenvalue weighted by Gasteiger charge is -2.20.